The number of nitroso groups, excluding NO2 is 1. The van der Waals surface area contributed by atoms with Crippen LogP contribution in [-0.2, 0) is 0 Å². The first-order valence-electron chi connectivity index (χ1n) is 5.36. The minimum absolute atomic E-state index is 0.00148. The smallest absolute Gasteiger partial charge is 0.111 e. The van der Waals surface area contributed by atoms with Crippen LogP contribution in [0.3, 0.4) is 0 Å². The quantitative estimate of drug-likeness (QED) is 0.445. The molecule has 17 heavy (non-hydrogen) atoms. The molecule has 0 unspecified atom stereocenters. The number of anilines is 1. The first-order chi connectivity index (χ1) is 8.26. The van der Waals surface area contributed by atoms with Crippen LogP contribution in [-0.4, -0.2) is 23.4 Å². The Balaban J connectivity index is 3.08. The molecule has 0 radical (unpaired) electrons. The van der Waals surface area contributed by atoms with Crippen molar-refractivity contribution in [3.63, 3.8) is 0 Å². The number of thiol groups is 1. The van der Waals surface area contributed by atoms with E-state index in [4.69, 9.17) is 10.2 Å². The zero-order chi connectivity index (χ0) is 12.7. The third kappa shape index (κ3) is 3.69. The van der Waals surface area contributed by atoms with Crippen LogP contribution in [0.25, 0.3) is 0 Å². The third-order valence-corrected chi connectivity index (χ3v) is 2.91. The highest BCUT2D eigenvalue weighted by molar-refractivity contribution is 7.81. The second-order valence-corrected chi connectivity index (χ2v) is 3.92. The first-order valence-corrected chi connectivity index (χ1v) is 5.80. The second kappa shape index (κ2) is 7.26. The van der Waals surface area contributed by atoms with Crippen molar-refractivity contribution in [2.45, 2.75) is 18.8 Å². The zero-order valence-corrected chi connectivity index (χ0v) is 10.2. The Hall–Kier alpha value is -1.11. The molecule has 0 bridgehead atoms. The van der Waals surface area contributed by atoms with Crippen molar-refractivity contribution >= 4 is 24.2 Å². The maximum absolute atomic E-state index is 10.7. The van der Waals surface area contributed by atoms with Crippen molar-refractivity contribution in [3.05, 3.63) is 28.7 Å². The van der Waals surface area contributed by atoms with Crippen LogP contribution >= 0.6 is 12.8 Å². The van der Waals surface area contributed by atoms with Crippen LogP contribution in [0.5, 0.6) is 0 Å². The van der Waals surface area contributed by atoms with Crippen molar-refractivity contribution < 1.29 is 10.2 Å². The lowest BCUT2D eigenvalue weighted by Gasteiger charge is -2.17. The molecule has 1 rings (SSSR count). The summed E-state index contributed by atoms with van der Waals surface area (Å²) in [5.74, 6) is -0.0840. The topological polar surface area (TPSA) is 81.9 Å². The summed E-state index contributed by atoms with van der Waals surface area (Å²) < 4.78 is 2.68. The molecule has 0 saturated heterocycles. The van der Waals surface area contributed by atoms with E-state index in [9.17, 15) is 4.91 Å². The molecule has 0 amide bonds. The molecule has 0 heterocycles. The second-order valence-electron chi connectivity index (χ2n) is 3.70. The van der Waals surface area contributed by atoms with E-state index < -0.39 is 0 Å². The molecule has 5 nitrogen and oxygen atoms in total. The van der Waals surface area contributed by atoms with Gasteiger partial charge in [-0.2, -0.15) is 0 Å². The van der Waals surface area contributed by atoms with Crippen LogP contribution < -0.4 is 4.72 Å². The molecule has 1 aromatic carbocycles. The molecule has 0 aliphatic carbocycles. The summed E-state index contributed by atoms with van der Waals surface area (Å²) in [7, 11) is 0. The Morgan fingerprint density at radius 1 is 1.29 bits per heavy atom. The number of hydrogen-bond donors (Lipinski definition) is 4. The van der Waals surface area contributed by atoms with Crippen molar-refractivity contribution in [3.8, 4) is 0 Å². The Morgan fingerprint density at radius 3 is 2.41 bits per heavy atom. The van der Waals surface area contributed by atoms with Gasteiger partial charge in [-0.3, -0.25) is 0 Å². The Kier molecular flexibility index (Phi) is 5.96. The van der Waals surface area contributed by atoms with Gasteiger partial charge in [-0.15, -0.1) is 4.91 Å². The van der Waals surface area contributed by atoms with Crippen molar-refractivity contribution in [2.75, 3.05) is 17.9 Å². The van der Waals surface area contributed by atoms with E-state index in [1.54, 1.807) is 18.2 Å². The molecule has 0 spiro atoms. The van der Waals surface area contributed by atoms with E-state index in [0.717, 1.165) is 11.3 Å². The standard InChI is InChI=1S/C11H16N2O3S/c14-5-3-8(4-6-15)10-7-9(13-17)1-2-11(10)12-16/h1-2,7-8,13-15,17H,3-6H2. The summed E-state index contributed by atoms with van der Waals surface area (Å²) in [5.41, 5.74) is 1.81. The van der Waals surface area contributed by atoms with E-state index in [2.05, 4.69) is 22.7 Å². The summed E-state index contributed by atoms with van der Waals surface area (Å²) >= 11 is 3.94. The SMILES string of the molecule is O=Nc1ccc(NS)cc1C(CCO)CCO. The van der Waals surface area contributed by atoms with Crippen LogP contribution in [0.4, 0.5) is 11.4 Å². The fourth-order valence-corrected chi connectivity index (χ4v) is 1.94. The van der Waals surface area contributed by atoms with E-state index >= 15 is 0 Å². The minimum Gasteiger partial charge on any atom is -0.396 e. The fourth-order valence-electron chi connectivity index (χ4n) is 1.80. The molecule has 0 aliphatic rings. The molecule has 0 fully saturated rings. The summed E-state index contributed by atoms with van der Waals surface area (Å²) in [5, 5.41) is 21.0. The summed E-state index contributed by atoms with van der Waals surface area (Å²) in [6.07, 6.45) is 0.970. The van der Waals surface area contributed by atoms with Crippen molar-refractivity contribution in [1.82, 2.24) is 0 Å². The normalized spacial score (nSPS) is 10.6. The molecule has 3 N–H and O–H groups in total. The Labute approximate surface area is 105 Å². The molecule has 6 heteroatoms. The third-order valence-electron chi connectivity index (χ3n) is 2.65. The molecule has 1 aromatic rings. The van der Waals surface area contributed by atoms with Crippen LogP contribution in [0.1, 0.15) is 24.3 Å². The van der Waals surface area contributed by atoms with Gasteiger partial charge < -0.3 is 14.9 Å². The van der Waals surface area contributed by atoms with Gasteiger partial charge in [0.2, 0.25) is 0 Å². The van der Waals surface area contributed by atoms with Crippen LogP contribution in [0.15, 0.2) is 23.4 Å². The van der Waals surface area contributed by atoms with E-state index in [0.29, 0.717) is 18.5 Å². The van der Waals surface area contributed by atoms with Gasteiger partial charge in [0.15, 0.2) is 0 Å². The summed E-state index contributed by atoms with van der Waals surface area (Å²) in [6.45, 7) is 0.00297. The predicted octanol–water partition coefficient (Wildman–Crippen LogP) is 2.19. The number of nitrogens with one attached hydrogen (secondary N) is 1. The van der Waals surface area contributed by atoms with E-state index in [1.807, 2.05) is 0 Å². The number of rotatable bonds is 7. The van der Waals surface area contributed by atoms with Crippen molar-refractivity contribution in [2.24, 2.45) is 5.18 Å². The number of aliphatic hydroxyl groups excluding tert-OH is 2. The molecular formula is C11H16N2O3S. The van der Waals surface area contributed by atoms with Gasteiger partial charge in [0.1, 0.15) is 5.69 Å². The molecule has 94 valence electrons. The maximum Gasteiger partial charge on any atom is 0.111 e. The lowest BCUT2D eigenvalue weighted by atomic mass is 9.91. The molecule has 0 atom stereocenters. The predicted molar refractivity (Wildman–Crippen MR) is 70.7 cm³/mol. The van der Waals surface area contributed by atoms with E-state index in [-0.39, 0.29) is 19.1 Å². The zero-order valence-electron chi connectivity index (χ0n) is 9.33. The number of aliphatic hydroxyl groups is 2. The van der Waals surface area contributed by atoms with Gasteiger partial charge in [-0.1, -0.05) is 12.8 Å². The summed E-state index contributed by atoms with van der Waals surface area (Å²) in [6, 6.07) is 5.06. The minimum atomic E-state index is -0.0840. The lowest BCUT2D eigenvalue weighted by molar-refractivity contribution is 0.242. The van der Waals surface area contributed by atoms with Crippen LogP contribution in [0, 0.1) is 4.91 Å². The van der Waals surface area contributed by atoms with Gasteiger partial charge in [-0.05, 0) is 47.7 Å². The first kappa shape index (κ1) is 14.0. The molecular weight excluding hydrogens is 240 g/mol. The van der Waals surface area contributed by atoms with E-state index in [1.165, 1.54) is 0 Å². The van der Waals surface area contributed by atoms with Gasteiger partial charge in [0.25, 0.3) is 0 Å². The number of benzene rings is 1. The number of hydrogen-bond acceptors (Lipinski definition) is 6. The monoisotopic (exact) mass is 256 g/mol. The molecule has 0 aliphatic heterocycles. The fraction of sp³-hybridized carbons (Fsp3) is 0.455. The number of nitrogens with zero attached hydrogens (tertiary/aromatic N) is 1. The maximum atomic E-state index is 10.7. The van der Waals surface area contributed by atoms with Gasteiger partial charge in [0, 0.05) is 18.9 Å². The average Bonchev–Trinajstić information content (AvgIpc) is 2.37. The lowest BCUT2D eigenvalue weighted by Crippen LogP contribution is -2.05. The highest BCUT2D eigenvalue weighted by Gasteiger charge is 2.16. The Morgan fingerprint density at radius 2 is 1.94 bits per heavy atom. The van der Waals surface area contributed by atoms with Gasteiger partial charge >= 0.3 is 0 Å². The molecule has 0 aromatic heterocycles. The molecule has 0 saturated carbocycles. The van der Waals surface area contributed by atoms with Gasteiger partial charge in [0.05, 0.1) is 0 Å². The highest BCUT2D eigenvalue weighted by Crippen LogP contribution is 2.33. The van der Waals surface area contributed by atoms with Crippen molar-refractivity contribution in [1.29, 1.82) is 0 Å². The van der Waals surface area contributed by atoms with Gasteiger partial charge in [-0.25, -0.2) is 0 Å². The highest BCUT2D eigenvalue weighted by atomic mass is 32.1. The summed E-state index contributed by atoms with van der Waals surface area (Å²) in [4.78, 5) is 10.7. The average molecular weight is 256 g/mol. The largest absolute Gasteiger partial charge is 0.396 e. The Bertz CT molecular complexity index is 368. The van der Waals surface area contributed by atoms with Crippen LogP contribution in [0.2, 0.25) is 0 Å².